The molecular weight excluding hydrogens is 298 g/mol. The Morgan fingerprint density at radius 2 is 2.10 bits per heavy atom. The maximum absolute atomic E-state index is 12.5. The van der Waals surface area contributed by atoms with Crippen LogP contribution in [0.2, 0.25) is 0 Å². The van der Waals surface area contributed by atoms with Crippen molar-refractivity contribution in [1.82, 2.24) is 4.72 Å². The Kier molecular flexibility index (Phi) is 5.31. The van der Waals surface area contributed by atoms with Crippen LogP contribution >= 0.6 is 11.8 Å². The maximum Gasteiger partial charge on any atom is 0.244 e. The van der Waals surface area contributed by atoms with E-state index < -0.39 is 10.0 Å². The molecule has 0 unspecified atom stereocenters. The second kappa shape index (κ2) is 6.80. The van der Waals surface area contributed by atoms with E-state index in [0.29, 0.717) is 11.3 Å². The lowest BCUT2D eigenvalue weighted by atomic mass is 10.2. The number of methoxy groups -OCH3 is 1. The Balaban J connectivity index is 2.27. The zero-order valence-corrected chi connectivity index (χ0v) is 13.0. The Bertz CT molecular complexity index is 553. The van der Waals surface area contributed by atoms with E-state index in [-0.39, 0.29) is 17.5 Å². The quantitative estimate of drug-likeness (QED) is 0.857. The van der Waals surface area contributed by atoms with Crippen molar-refractivity contribution in [2.45, 2.75) is 30.4 Å². The van der Waals surface area contributed by atoms with Gasteiger partial charge in [0.2, 0.25) is 10.0 Å². The zero-order valence-electron chi connectivity index (χ0n) is 11.3. The van der Waals surface area contributed by atoms with Gasteiger partial charge in [0, 0.05) is 6.04 Å². The Hall–Kier alpha value is -0.760. The van der Waals surface area contributed by atoms with Gasteiger partial charge in [0.25, 0.3) is 0 Å². The van der Waals surface area contributed by atoms with E-state index in [4.69, 9.17) is 9.84 Å². The van der Waals surface area contributed by atoms with Crippen LogP contribution in [0, 0.1) is 0 Å². The van der Waals surface area contributed by atoms with Crippen molar-refractivity contribution in [3.63, 3.8) is 0 Å². The Labute approximate surface area is 123 Å². The van der Waals surface area contributed by atoms with Crippen LogP contribution in [-0.4, -0.2) is 38.2 Å². The van der Waals surface area contributed by atoms with Gasteiger partial charge in [-0.1, -0.05) is 6.07 Å². The number of ether oxygens (including phenoxy) is 1. The van der Waals surface area contributed by atoms with Crippen molar-refractivity contribution in [2.24, 2.45) is 0 Å². The number of sulfonamides is 1. The molecule has 0 radical (unpaired) electrons. The van der Waals surface area contributed by atoms with Crippen LogP contribution < -0.4 is 9.46 Å². The molecule has 20 heavy (non-hydrogen) atoms. The molecule has 1 aliphatic heterocycles. The van der Waals surface area contributed by atoms with Gasteiger partial charge in [-0.3, -0.25) is 0 Å². The lowest BCUT2D eigenvalue weighted by Crippen LogP contribution is -2.37. The number of rotatable bonds is 5. The SMILES string of the molecule is COc1ccc(CO)cc1S(=O)(=O)NC1CCSCC1. The van der Waals surface area contributed by atoms with E-state index in [0.717, 1.165) is 24.3 Å². The number of nitrogens with one attached hydrogen (secondary N) is 1. The molecule has 1 aromatic rings. The summed E-state index contributed by atoms with van der Waals surface area (Å²) in [5, 5.41) is 9.15. The second-order valence-electron chi connectivity index (χ2n) is 4.65. The summed E-state index contributed by atoms with van der Waals surface area (Å²) in [5.74, 6) is 2.24. The van der Waals surface area contributed by atoms with Gasteiger partial charge < -0.3 is 9.84 Å². The molecule has 1 heterocycles. The molecule has 0 atom stereocenters. The van der Waals surface area contributed by atoms with Gasteiger partial charge in [0.1, 0.15) is 10.6 Å². The average Bonchev–Trinajstić information content (AvgIpc) is 2.47. The van der Waals surface area contributed by atoms with Gasteiger partial charge >= 0.3 is 0 Å². The minimum atomic E-state index is -3.63. The highest BCUT2D eigenvalue weighted by Crippen LogP contribution is 2.26. The highest BCUT2D eigenvalue weighted by atomic mass is 32.2. The van der Waals surface area contributed by atoms with E-state index in [9.17, 15) is 8.42 Å². The first-order valence-corrected chi connectivity index (χ1v) is 9.08. The number of thioether (sulfide) groups is 1. The lowest BCUT2D eigenvalue weighted by molar-refractivity contribution is 0.281. The fourth-order valence-corrected chi connectivity index (χ4v) is 4.76. The van der Waals surface area contributed by atoms with Crippen LogP contribution in [0.25, 0.3) is 0 Å². The van der Waals surface area contributed by atoms with E-state index >= 15 is 0 Å². The van der Waals surface area contributed by atoms with E-state index in [1.54, 1.807) is 12.1 Å². The monoisotopic (exact) mass is 317 g/mol. The van der Waals surface area contributed by atoms with Crippen molar-refractivity contribution in [3.05, 3.63) is 23.8 Å². The molecule has 0 bridgehead atoms. The molecule has 0 saturated carbocycles. The molecule has 1 aromatic carbocycles. The second-order valence-corrected chi connectivity index (χ2v) is 7.56. The van der Waals surface area contributed by atoms with E-state index in [1.807, 2.05) is 11.8 Å². The minimum Gasteiger partial charge on any atom is -0.495 e. The lowest BCUT2D eigenvalue weighted by Gasteiger charge is -2.23. The normalized spacial score (nSPS) is 17.1. The highest BCUT2D eigenvalue weighted by Gasteiger charge is 2.25. The third kappa shape index (κ3) is 3.66. The predicted octanol–water partition coefficient (Wildman–Crippen LogP) is 1.36. The van der Waals surface area contributed by atoms with Gasteiger partial charge in [-0.25, -0.2) is 13.1 Å². The summed E-state index contributed by atoms with van der Waals surface area (Å²) in [6, 6.07) is 4.65. The molecule has 0 aliphatic carbocycles. The summed E-state index contributed by atoms with van der Waals surface area (Å²) in [6.07, 6.45) is 1.68. The molecule has 1 saturated heterocycles. The first-order chi connectivity index (χ1) is 9.56. The van der Waals surface area contributed by atoms with Crippen LogP contribution in [-0.2, 0) is 16.6 Å². The Morgan fingerprint density at radius 1 is 1.40 bits per heavy atom. The molecule has 5 nitrogen and oxygen atoms in total. The fourth-order valence-electron chi connectivity index (χ4n) is 2.13. The summed E-state index contributed by atoms with van der Waals surface area (Å²) < 4.78 is 32.8. The zero-order chi connectivity index (χ0) is 14.6. The first-order valence-electron chi connectivity index (χ1n) is 6.44. The first kappa shape index (κ1) is 15.6. The van der Waals surface area contributed by atoms with Crippen LogP contribution in [0.3, 0.4) is 0 Å². The van der Waals surface area contributed by atoms with E-state index in [1.165, 1.54) is 13.2 Å². The molecule has 2 N–H and O–H groups in total. The molecule has 1 fully saturated rings. The molecule has 2 rings (SSSR count). The highest BCUT2D eigenvalue weighted by molar-refractivity contribution is 7.99. The van der Waals surface area contributed by atoms with Crippen molar-refractivity contribution in [2.75, 3.05) is 18.6 Å². The molecule has 0 spiro atoms. The molecule has 0 aromatic heterocycles. The van der Waals surface area contributed by atoms with Gasteiger partial charge in [-0.2, -0.15) is 11.8 Å². The number of hydrogen-bond acceptors (Lipinski definition) is 5. The number of benzene rings is 1. The molecule has 112 valence electrons. The van der Waals surface area contributed by atoms with Crippen molar-refractivity contribution in [1.29, 1.82) is 0 Å². The van der Waals surface area contributed by atoms with Gasteiger partial charge in [0.15, 0.2) is 0 Å². The van der Waals surface area contributed by atoms with Gasteiger partial charge in [-0.05, 0) is 42.0 Å². The largest absolute Gasteiger partial charge is 0.495 e. The maximum atomic E-state index is 12.5. The summed E-state index contributed by atoms with van der Waals surface area (Å²) in [6.45, 7) is -0.202. The fraction of sp³-hybridized carbons (Fsp3) is 0.538. The van der Waals surface area contributed by atoms with Gasteiger partial charge in [-0.15, -0.1) is 0 Å². The molecule has 0 amide bonds. The van der Waals surface area contributed by atoms with Gasteiger partial charge in [0.05, 0.1) is 13.7 Å². The van der Waals surface area contributed by atoms with Crippen molar-refractivity contribution >= 4 is 21.8 Å². The van der Waals surface area contributed by atoms with E-state index in [2.05, 4.69) is 4.72 Å². The Morgan fingerprint density at radius 3 is 2.70 bits per heavy atom. The molecule has 7 heteroatoms. The van der Waals surface area contributed by atoms with Crippen LogP contribution in [0.5, 0.6) is 5.75 Å². The number of hydrogen-bond donors (Lipinski definition) is 2. The molecule has 1 aliphatic rings. The van der Waals surface area contributed by atoms with Crippen LogP contribution in [0.4, 0.5) is 0 Å². The summed E-state index contributed by atoms with van der Waals surface area (Å²) in [4.78, 5) is 0.0878. The topological polar surface area (TPSA) is 75.6 Å². The third-order valence-electron chi connectivity index (χ3n) is 3.24. The predicted molar refractivity (Wildman–Crippen MR) is 79.6 cm³/mol. The average molecular weight is 317 g/mol. The minimum absolute atomic E-state index is 0.0243. The summed E-state index contributed by atoms with van der Waals surface area (Å²) in [5.41, 5.74) is 0.547. The van der Waals surface area contributed by atoms with Crippen LogP contribution in [0.15, 0.2) is 23.1 Å². The molecular formula is C13H19NO4S2. The number of aliphatic hydroxyl groups is 1. The number of aliphatic hydroxyl groups excluding tert-OH is 1. The third-order valence-corrected chi connectivity index (χ3v) is 5.83. The van der Waals surface area contributed by atoms with Crippen LogP contribution in [0.1, 0.15) is 18.4 Å². The standard InChI is InChI=1S/C13H19NO4S2/c1-18-12-3-2-10(9-15)8-13(12)20(16,17)14-11-4-6-19-7-5-11/h2-3,8,11,14-15H,4-7,9H2,1H3. The smallest absolute Gasteiger partial charge is 0.244 e. The van der Waals surface area contributed by atoms with Crippen molar-refractivity contribution in [3.8, 4) is 5.75 Å². The summed E-state index contributed by atoms with van der Waals surface area (Å²) >= 11 is 1.84. The van der Waals surface area contributed by atoms with Crippen molar-refractivity contribution < 1.29 is 18.3 Å². The summed E-state index contributed by atoms with van der Waals surface area (Å²) in [7, 11) is -2.20.